The van der Waals surface area contributed by atoms with E-state index >= 15 is 0 Å². The van der Waals surface area contributed by atoms with Crippen LogP contribution >= 0.6 is 0 Å². The second kappa shape index (κ2) is 9.36. The lowest BCUT2D eigenvalue weighted by Crippen LogP contribution is -2.51. The molecule has 2 atom stereocenters. The van der Waals surface area contributed by atoms with Gasteiger partial charge in [0.05, 0.1) is 6.04 Å². The third-order valence-corrected chi connectivity index (χ3v) is 3.34. The fourth-order valence-electron chi connectivity index (χ4n) is 2.02. The van der Waals surface area contributed by atoms with Crippen LogP contribution in [-0.4, -0.2) is 41.5 Å². The predicted molar refractivity (Wildman–Crippen MR) is 90.8 cm³/mol. The largest absolute Gasteiger partial charge is 0.508 e. The van der Waals surface area contributed by atoms with E-state index in [9.17, 15) is 14.7 Å². The summed E-state index contributed by atoms with van der Waals surface area (Å²) in [7, 11) is 0. The molecule has 0 aliphatic carbocycles. The Morgan fingerprint density at radius 2 is 1.79 bits per heavy atom. The van der Waals surface area contributed by atoms with Crippen LogP contribution in [0.2, 0.25) is 0 Å². The highest BCUT2D eigenvalue weighted by atomic mass is 16.3. The van der Waals surface area contributed by atoms with Crippen molar-refractivity contribution in [3.8, 4) is 5.75 Å². The molecule has 1 rings (SSSR count). The van der Waals surface area contributed by atoms with Crippen molar-refractivity contribution in [2.24, 2.45) is 27.9 Å². The van der Waals surface area contributed by atoms with Crippen molar-refractivity contribution in [2.45, 2.75) is 31.3 Å². The van der Waals surface area contributed by atoms with Crippen molar-refractivity contribution in [2.75, 3.05) is 6.54 Å². The van der Waals surface area contributed by atoms with Crippen LogP contribution in [0.1, 0.15) is 18.4 Å². The van der Waals surface area contributed by atoms with Gasteiger partial charge in [-0.1, -0.05) is 12.1 Å². The molecule has 0 saturated carbocycles. The summed E-state index contributed by atoms with van der Waals surface area (Å²) in [6.07, 6.45) is 1.11. The summed E-state index contributed by atoms with van der Waals surface area (Å²) in [6, 6.07) is 4.60. The molecule has 0 bridgehead atoms. The zero-order valence-corrected chi connectivity index (χ0v) is 13.3. The molecule has 0 radical (unpaired) electrons. The highest BCUT2D eigenvalue weighted by Crippen LogP contribution is 2.11. The summed E-state index contributed by atoms with van der Waals surface area (Å²) in [5.74, 6) is -1.04. The van der Waals surface area contributed by atoms with Gasteiger partial charge in [0.25, 0.3) is 0 Å². The van der Waals surface area contributed by atoms with E-state index in [0.29, 0.717) is 19.4 Å². The quantitative estimate of drug-likeness (QED) is 0.177. The number of carbonyl (C=O) groups excluding carboxylic acids is 2. The number of nitrogens with one attached hydrogen (secondary N) is 1. The second-order valence-corrected chi connectivity index (χ2v) is 5.39. The first-order chi connectivity index (χ1) is 11.3. The highest BCUT2D eigenvalue weighted by molar-refractivity contribution is 5.89. The summed E-state index contributed by atoms with van der Waals surface area (Å²) in [5.41, 5.74) is 22.3. The first-order valence-electron chi connectivity index (χ1n) is 7.48. The average molecular weight is 336 g/mol. The summed E-state index contributed by atoms with van der Waals surface area (Å²) < 4.78 is 0. The topological polar surface area (TPSA) is 183 Å². The minimum atomic E-state index is -0.884. The number of nitrogens with zero attached hydrogens (tertiary/aromatic N) is 1. The van der Waals surface area contributed by atoms with Crippen LogP contribution in [0.3, 0.4) is 0 Å². The molecule has 0 heterocycles. The molecule has 0 spiro atoms. The Morgan fingerprint density at radius 3 is 2.33 bits per heavy atom. The minimum Gasteiger partial charge on any atom is -0.508 e. The van der Waals surface area contributed by atoms with E-state index in [0.717, 1.165) is 5.56 Å². The van der Waals surface area contributed by atoms with Gasteiger partial charge in [0.15, 0.2) is 5.96 Å². The van der Waals surface area contributed by atoms with Gasteiger partial charge in [-0.15, -0.1) is 0 Å². The van der Waals surface area contributed by atoms with E-state index in [1.807, 2.05) is 0 Å². The van der Waals surface area contributed by atoms with Crippen LogP contribution in [-0.2, 0) is 16.0 Å². The number of carbonyl (C=O) groups is 2. The molecule has 0 fully saturated rings. The average Bonchev–Trinajstić information content (AvgIpc) is 2.52. The number of aliphatic imine (C=N–C) groups is 1. The zero-order chi connectivity index (χ0) is 18.1. The van der Waals surface area contributed by atoms with Crippen LogP contribution in [0.5, 0.6) is 5.75 Å². The van der Waals surface area contributed by atoms with Gasteiger partial charge in [-0.2, -0.15) is 0 Å². The maximum atomic E-state index is 12.1. The Balaban J connectivity index is 2.54. The van der Waals surface area contributed by atoms with Gasteiger partial charge in [0.2, 0.25) is 11.8 Å². The first-order valence-corrected chi connectivity index (χ1v) is 7.48. The van der Waals surface area contributed by atoms with Crippen LogP contribution in [0.25, 0.3) is 0 Å². The van der Waals surface area contributed by atoms with Gasteiger partial charge in [-0.05, 0) is 30.5 Å². The fourth-order valence-corrected chi connectivity index (χ4v) is 2.02. The molecular formula is C15H24N6O3. The van der Waals surface area contributed by atoms with Crippen molar-refractivity contribution >= 4 is 17.8 Å². The van der Waals surface area contributed by atoms with Crippen molar-refractivity contribution in [3.63, 3.8) is 0 Å². The second-order valence-electron chi connectivity index (χ2n) is 5.39. The van der Waals surface area contributed by atoms with Crippen LogP contribution in [0.15, 0.2) is 29.3 Å². The van der Waals surface area contributed by atoms with E-state index in [1.165, 1.54) is 12.1 Å². The van der Waals surface area contributed by atoms with Gasteiger partial charge in [-0.3, -0.25) is 14.6 Å². The highest BCUT2D eigenvalue weighted by Gasteiger charge is 2.22. The number of hydrogen-bond acceptors (Lipinski definition) is 5. The van der Waals surface area contributed by atoms with Gasteiger partial charge in [-0.25, -0.2) is 0 Å². The zero-order valence-electron chi connectivity index (χ0n) is 13.3. The van der Waals surface area contributed by atoms with Gasteiger partial charge in [0, 0.05) is 13.0 Å². The van der Waals surface area contributed by atoms with E-state index in [2.05, 4.69) is 10.3 Å². The van der Waals surface area contributed by atoms with Crippen LogP contribution in [0.4, 0.5) is 0 Å². The van der Waals surface area contributed by atoms with E-state index in [4.69, 9.17) is 22.9 Å². The monoisotopic (exact) mass is 336 g/mol. The first kappa shape index (κ1) is 19.2. The molecule has 9 nitrogen and oxygen atoms in total. The number of guanidine groups is 1. The lowest BCUT2D eigenvalue weighted by atomic mass is 10.0. The third kappa shape index (κ3) is 6.97. The van der Waals surface area contributed by atoms with Crippen molar-refractivity contribution in [1.29, 1.82) is 0 Å². The molecule has 0 unspecified atom stereocenters. The number of benzene rings is 1. The molecule has 0 saturated heterocycles. The smallest absolute Gasteiger partial charge is 0.240 e. The van der Waals surface area contributed by atoms with Crippen LogP contribution in [0, 0.1) is 0 Å². The van der Waals surface area contributed by atoms with Crippen molar-refractivity contribution < 1.29 is 14.7 Å². The third-order valence-electron chi connectivity index (χ3n) is 3.34. The van der Waals surface area contributed by atoms with Crippen molar-refractivity contribution in [3.05, 3.63) is 29.8 Å². The molecule has 1 aromatic rings. The molecular weight excluding hydrogens is 312 g/mol. The SMILES string of the molecule is NC(=O)[C@@H](Cc1ccc(O)cc1)NC(=O)[C@@H](N)CCCN=C(N)N. The normalized spacial score (nSPS) is 12.9. The standard InChI is InChI=1S/C15H24N6O3/c16-11(2-1-7-20-15(18)19)14(24)21-12(13(17)23)8-9-3-5-10(22)6-4-9/h3-6,11-12,22H,1-2,7-8,16H2,(H2,17,23)(H,21,24)(H4,18,19,20)/t11-,12+/m0/s1. The molecule has 0 aliphatic heterocycles. The number of aromatic hydroxyl groups is 1. The Morgan fingerprint density at radius 1 is 1.17 bits per heavy atom. The van der Waals surface area contributed by atoms with Gasteiger partial charge in [0.1, 0.15) is 11.8 Å². The number of amides is 2. The number of phenolic OH excluding ortho intramolecular Hbond substituents is 1. The lowest BCUT2D eigenvalue weighted by molar-refractivity contribution is -0.128. The summed E-state index contributed by atoms with van der Waals surface area (Å²) in [6.45, 7) is 0.371. The number of phenols is 1. The Labute approximate surface area is 140 Å². The fraction of sp³-hybridized carbons (Fsp3) is 0.400. The predicted octanol–water partition coefficient (Wildman–Crippen LogP) is -1.71. The molecule has 132 valence electrons. The molecule has 0 aliphatic rings. The molecule has 10 N–H and O–H groups in total. The minimum absolute atomic E-state index is 0.0179. The number of primary amides is 1. The maximum absolute atomic E-state index is 12.1. The van der Waals surface area contributed by atoms with Crippen molar-refractivity contribution in [1.82, 2.24) is 5.32 Å². The van der Waals surface area contributed by atoms with E-state index < -0.39 is 23.9 Å². The number of nitrogens with two attached hydrogens (primary N) is 4. The number of hydrogen-bond donors (Lipinski definition) is 6. The summed E-state index contributed by atoms with van der Waals surface area (Å²) in [5, 5.41) is 11.8. The van der Waals surface area contributed by atoms with E-state index in [1.54, 1.807) is 12.1 Å². The molecule has 9 heteroatoms. The Bertz CT molecular complexity index is 583. The summed E-state index contributed by atoms with van der Waals surface area (Å²) in [4.78, 5) is 27.4. The summed E-state index contributed by atoms with van der Waals surface area (Å²) >= 11 is 0. The Kier molecular flexibility index (Phi) is 7.50. The van der Waals surface area contributed by atoms with Gasteiger partial charge >= 0.3 is 0 Å². The van der Waals surface area contributed by atoms with E-state index in [-0.39, 0.29) is 18.1 Å². The molecule has 1 aromatic carbocycles. The molecule has 2 amide bonds. The number of rotatable bonds is 9. The molecule has 24 heavy (non-hydrogen) atoms. The molecule has 0 aromatic heterocycles. The lowest BCUT2D eigenvalue weighted by Gasteiger charge is -2.18. The Hall–Kier alpha value is -2.81. The van der Waals surface area contributed by atoms with Crippen LogP contribution < -0.4 is 28.3 Å². The maximum Gasteiger partial charge on any atom is 0.240 e. The van der Waals surface area contributed by atoms with Gasteiger partial charge < -0.3 is 33.4 Å².